The van der Waals surface area contributed by atoms with Crippen LogP contribution in [0.4, 0.5) is 4.39 Å². The topological polar surface area (TPSA) is 88.2 Å². The van der Waals surface area contributed by atoms with Crippen molar-refractivity contribution in [2.45, 2.75) is 38.6 Å². The van der Waals surface area contributed by atoms with Crippen molar-refractivity contribution in [1.82, 2.24) is 15.1 Å². The first-order valence-electron chi connectivity index (χ1n) is 13.1. The number of piperidine rings is 1. The van der Waals surface area contributed by atoms with Gasteiger partial charge in [-0.2, -0.15) is 0 Å². The SMILES string of the molecule is [2H]c1c([2H])c(CN2CCOCC2)c([2H])c(COc2cccc3c2CN(C2([2H])CCC(=O)NC2=O)C3=O)c1F. The molecular weight excluding hydrogens is 441 g/mol. The van der Waals surface area contributed by atoms with Gasteiger partial charge < -0.3 is 14.4 Å². The molecule has 178 valence electrons. The van der Waals surface area contributed by atoms with Crippen LogP contribution in [0.15, 0.2) is 36.3 Å². The Morgan fingerprint density at radius 3 is 2.85 bits per heavy atom. The van der Waals surface area contributed by atoms with Crippen LogP contribution in [0, 0.1) is 5.82 Å². The molecule has 1 unspecified atom stereocenters. The average molecular weight is 472 g/mol. The summed E-state index contributed by atoms with van der Waals surface area (Å²) < 4.78 is 59.8. The molecule has 0 bridgehead atoms. The Kier molecular flexibility index (Phi) is 5.06. The van der Waals surface area contributed by atoms with E-state index >= 15 is 4.39 Å². The highest BCUT2D eigenvalue weighted by Gasteiger charge is 2.40. The van der Waals surface area contributed by atoms with E-state index in [1.807, 2.05) is 4.90 Å². The van der Waals surface area contributed by atoms with Crippen molar-refractivity contribution in [1.29, 1.82) is 0 Å². The number of morpholine rings is 1. The molecule has 8 nitrogen and oxygen atoms in total. The molecule has 3 amide bonds. The van der Waals surface area contributed by atoms with Gasteiger partial charge in [0.05, 0.1) is 25.2 Å². The predicted molar refractivity (Wildman–Crippen MR) is 119 cm³/mol. The van der Waals surface area contributed by atoms with Gasteiger partial charge in [-0.3, -0.25) is 24.6 Å². The largest absolute Gasteiger partial charge is 0.488 e. The van der Waals surface area contributed by atoms with Crippen LogP contribution >= 0.6 is 0 Å². The molecule has 0 radical (unpaired) electrons. The Morgan fingerprint density at radius 2 is 2.06 bits per heavy atom. The lowest BCUT2D eigenvalue weighted by Crippen LogP contribution is -2.52. The van der Waals surface area contributed by atoms with E-state index in [9.17, 15) is 14.4 Å². The minimum absolute atomic E-state index is 0.0709. The molecule has 2 saturated heterocycles. The second-order valence-electron chi connectivity index (χ2n) is 8.32. The van der Waals surface area contributed by atoms with Crippen LogP contribution < -0.4 is 10.1 Å². The van der Waals surface area contributed by atoms with E-state index in [0.717, 1.165) is 4.90 Å². The summed E-state index contributed by atoms with van der Waals surface area (Å²) >= 11 is 0. The van der Waals surface area contributed by atoms with Crippen molar-refractivity contribution in [3.63, 3.8) is 0 Å². The summed E-state index contributed by atoms with van der Waals surface area (Å²) in [4.78, 5) is 40.2. The second kappa shape index (κ2) is 9.52. The summed E-state index contributed by atoms with van der Waals surface area (Å²) in [5, 5.41) is 2.12. The van der Waals surface area contributed by atoms with E-state index in [2.05, 4.69) is 5.32 Å². The van der Waals surface area contributed by atoms with Gasteiger partial charge >= 0.3 is 0 Å². The van der Waals surface area contributed by atoms with E-state index in [1.165, 1.54) is 6.07 Å². The Balaban J connectivity index is 1.40. The number of rotatable bonds is 6. The van der Waals surface area contributed by atoms with Gasteiger partial charge in [0.15, 0.2) is 0 Å². The number of ether oxygens (including phenoxy) is 2. The van der Waals surface area contributed by atoms with Gasteiger partial charge in [0.1, 0.15) is 24.2 Å². The first kappa shape index (κ1) is 18.1. The average Bonchev–Trinajstić information content (AvgIpc) is 3.26. The standard InChI is InChI=1S/C25H26FN3O5/c26-20-5-4-16(13-28-8-10-33-11-9-28)12-17(20)15-34-22-3-1-2-18-19(22)14-29(25(18)32)21-6-7-23(30)27-24(21)31/h1-5,12,21H,6-11,13-15H2,(H,27,30,31)/i4D,5D,12D,21D. The number of carbonyl (C=O) groups is 3. The van der Waals surface area contributed by atoms with Crippen molar-refractivity contribution in [3.05, 3.63) is 64.4 Å². The number of amides is 3. The normalized spacial score (nSPS) is 24.7. The Hall–Kier alpha value is -3.30. The third kappa shape index (κ3) is 4.53. The Morgan fingerprint density at radius 1 is 1.24 bits per heavy atom. The van der Waals surface area contributed by atoms with Crippen LogP contribution in [0.25, 0.3) is 0 Å². The Labute approximate surface area is 202 Å². The van der Waals surface area contributed by atoms with Crippen molar-refractivity contribution >= 4 is 17.7 Å². The van der Waals surface area contributed by atoms with Gasteiger partial charge in [-0.1, -0.05) is 12.1 Å². The molecular formula is C25H26FN3O5. The van der Waals surface area contributed by atoms with Crippen LogP contribution in [0.1, 0.15) is 45.4 Å². The monoisotopic (exact) mass is 471 g/mol. The van der Waals surface area contributed by atoms with E-state index in [4.69, 9.17) is 15.0 Å². The molecule has 0 saturated carbocycles. The predicted octanol–water partition coefficient (Wildman–Crippen LogP) is 2.00. The van der Waals surface area contributed by atoms with E-state index in [0.29, 0.717) is 31.9 Å². The maximum atomic E-state index is 15.1. The molecule has 3 aliphatic rings. The lowest BCUT2D eigenvalue weighted by atomic mass is 10.0. The maximum absolute atomic E-state index is 15.1. The van der Waals surface area contributed by atoms with Crippen molar-refractivity contribution in [3.8, 4) is 5.75 Å². The fourth-order valence-electron chi connectivity index (χ4n) is 4.31. The number of hydrogen-bond donors (Lipinski definition) is 1. The van der Waals surface area contributed by atoms with Gasteiger partial charge in [0.2, 0.25) is 11.8 Å². The number of carbonyl (C=O) groups excluding carboxylic acids is 3. The molecule has 0 aromatic heterocycles. The van der Waals surface area contributed by atoms with Crippen LogP contribution in [0.3, 0.4) is 0 Å². The van der Waals surface area contributed by atoms with Gasteiger partial charge in [0, 0.05) is 42.7 Å². The molecule has 3 aliphatic heterocycles. The molecule has 3 heterocycles. The summed E-state index contributed by atoms with van der Waals surface area (Å²) in [6.07, 6.45) is -0.211. The lowest BCUT2D eigenvalue weighted by molar-refractivity contribution is -0.136. The zero-order valence-electron chi connectivity index (χ0n) is 22.4. The van der Waals surface area contributed by atoms with Crippen LogP contribution in [0.2, 0.25) is 0 Å². The molecule has 1 atom stereocenters. The highest BCUT2D eigenvalue weighted by atomic mass is 19.1. The summed E-state index contributed by atoms with van der Waals surface area (Å²) in [5.74, 6) is -2.73. The summed E-state index contributed by atoms with van der Waals surface area (Å²) in [6, 6.07) is 1.53. The number of fused-ring (bicyclic) bond motifs is 1. The molecule has 1 N–H and O–H groups in total. The number of imide groups is 1. The van der Waals surface area contributed by atoms with Gasteiger partial charge in [-0.25, -0.2) is 4.39 Å². The first-order valence-corrected chi connectivity index (χ1v) is 11.1. The van der Waals surface area contributed by atoms with Crippen molar-refractivity contribution < 1.29 is 33.7 Å². The van der Waals surface area contributed by atoms with Gasteiger partial charge in [0.25, 0.3) is 5.91 Å². The maximum Gasteiger partial charge on any atom is 0.255 e. The number of nitrogens with one attached hydrogen (secondary N) is 1. The Bertz CT molecular complexity index is 1340. The minimum Gasteiger partial charge on any atom is -0.488 e. The number of halogens is 1. The summed E-state index contributed by atoms with van der Waals surface area (Å²) in [5.41, 5.74) is 0.680. The smallest absolute Gasteiger partial charge is 0.255 e. The fourth-order valence-corrected chi connectivity index (χ4v) is 4.31. The summed E-state index contributed by atoms with van der Waals surface area (Å²) in [7, 11) is 0. The number of hydrogen-bond acceptors (Lipinski definition) is 6. The molecule has 2 aromatic rings. The van der Waals surface area contributed by atoms with Crippen LogP contribution in [-0.2, 0) is 34.0 Å². The zero-order chi connectivity index (χ0) is 27.2. The van der Waals surface area contributed by atoms with Crippen molar-refractivity contribution in [2.75, 3.05) is 26.3 Å². The third-order valence-electron chi connectivity index (χ3n) is 6.10. The van der Waals surface area contributed by atoms with E-state index < -0.39 is 42.2 Å². The molecule has 0 spiro atoms. The van der Waals surface area contributed by atoms with Crippen LogP contribution in [-0.4, -0.2) is 59.8 Å². The quantitative estimate of drug-likeness (QED) is 0.649. The summed E-state index contributed by atoms with van der Waals surface area (Å²) in [6.45, 7) is 1.89. The molecule has 2 aromatic carbocycles. The third-order valence-corrected chi connectivity index (χ3v) is 6.10. The van der Waals surface area contributed by atoms with Gasteiger partial charge in [-0.05, 0) is 36.2 Å². The molecule has 34 heavy (non-hydrogen) atoms. The number of nitrogens with zero attached hydrogens (tertiary/aromatic N) is 2. The molecule has 5 rings (SSSR count). The molecule has 2 fully saturated rings. The minimum atomic E-state index is -1.96. The highest BCUT2D eigenvalue weighted by Crippen LogP contribution is 2.34. The first-order chi connectivity index (χ1) is 18.1. The number of benzene rings is 2. The van der Waals surface area contributed by atoms with Crippen LogP contribution in [0.5, 0.6) is 5.75 Å². The van der Waals surface area contributed by atoms with Gasteiger partial charge in [-0.15, -0.1) is 0 Å². The highest BCUT2D eigenvalue weighted by molar-refractivity contribution is 6.05. The fraction of sp³-hybridized carbons (Fsp3) is 0.400. The molecule has 9 heteroatoms. The van der Waals surface area contributed by atoms with E-state index in [1.54, 1.807) is 12.1 Å². The van der Waals surface area contributed by atoms with Crippen molar-refractivity contribution in [2.24, 2.45) is 0 Å². The lowest BCUT2D eigenvalue weighted by Gasteiger charge is -2.29. The zero-order valence-corrected chi connectivity index (χ0v) is 18.4. The molecule has 0 aliphatic carbocycles. The van der Waals surface area contributed by atoms with E-state index in [-0.39, 0.29) is 60.5 Å². The second-order valence-corrected chi connectivity index (χ2v) is 8.32.